The number of nitrogens with zero attached hydrogens (tertiary/aromatic N) is 3. The van der Waals surface area contributed by atoms with Crippen molar-refractivity contribution in [2.45, 2.75) is 19.8 Å². The summed E-state index contributed by atoms with van der Waals surface area (Å²) in [6, 6.07) is 2.03. The van der Waals surface area contributed by atoms with Crippen LogP contribution in [0.4, 0.5) is 0 Å². The van der Waals surface area contributed by atoms with Crippen LogP contribution in [0.5, 0.6) is 0 Å². The van der Waals surface area contributed by atoms with Crippen molar-refractivity contribution in [3.8, 4) is 0 Å². The molecule has 2 rings (SSSR count). The third-order valence-corrected chi connectivity index (χ3v) is 3.32. The number of aryl methyl sites for hydroxylation is 1. The molecule has 1 aliphatic heterocycles. The SMILES string of the molecule is C/C=C\C1=C(/C=C/c2ccnn2C)CCCN1C. The van der Waals surface area contributed by atoms with Crippen LogP contribution in [0.1, 0.15) is 25.5 Å². The van der Waals surface area contributed by atoms with Gasteiger partial charge in [0.1, 0.15) is 0 Å². The number of hydrogen-bond donors (Lipinski definition) is 0. The van der Waals surface area contributed by atoms with Gasteiger partial charge in [-0.25, -0.2) is 0 Å². The van der Waals surface area contributed by atoms with Crippen molar-refractivity contribution in [3.63, 3.8) is 0 Å². The van der Waals surface area contributed by atoms with Gasteiger partial charge in [-0.1, -0.05) is 12.2 Å². The predicted molar refractivity (Wildman–Crippen MR) is 75.9 cm³/mol. The Bertz CT molecular complexity index is 492. The first-order valence-electron chi connectivity index (χ1n) is 6.45. The summed E-state index contributed by atoms with van der Waals surface area (Å²) < 4.78 is 1.89. The Hall–Kier alpha value is -1.77. The highest BCUT2D eigenvalue weighted by Gasteiger charge is 2.12. The van der Waals surface area contributed by atoms with Crippen LogP contribution in [-0.4, -0.2) is 28.3 Å². The van der Waals surface area contributed by atoms with E-state index >= 15 is 0 Å². The second kappa shape index (κ2) is 5.71. The summed E-state index contributed by atoms with van der Waals surface area (Å²) in [5.74, 6) is 0. The first-order valence-corrected chi connectivity index (χ1v) is 6.45. The minimum absolute atomic E-state index is 1.13. The maximum Gasteiger partial charge on any atom is 0.0606 e. The quantitative estimate of drug-likeness (QED) is 0.813. The van der Waals surface area contributed by atoms with E-state index in [9.17, 15) is 0 Å². The smallest absolute Gasteiger partial charge is 0.0606 e. The first kappa shape index (κ1) is 12.7. The zero-order valence-electron chi connectivity index (χ0n) is 11.4. The van der Waals surface area contributed by atoms with Crippen molar-refractivity contribution >= 4 is 6.08 Å². The molecule has 1 aromatic rings. The highest BCUT2D eigenvalue weighted by Crippen LogP contribution is 2.23. The fourth-order valence-electron chi connectivity index (χ4n) is 2.29. The van der Waals surface area contributed by atoms with Crippen LogP contribution in [0.2, 0.25) is 0 Å². The molecule has 2 heterocycles. The molecule has 0 fully saturated rings. The van der Waals surface area contributed by atoms with Gasteiger partial charge in [0.15, 0.2) is 0 Å². The molecule has 0 aliphatic carbocycles. The van der Waals surface area contributed by atoms with E-state index in [4.69, 9.17) is 0 Å². The molecular formula is C15H21N3. The Morgan fingerprint density at radius 1 is 1.22 bits per heavy atom. The molecule has 0 saturated heterocycles. The van der Waals surface area contributed by atoms with Crippen molar-refractivity contribution < 1.29 is 0 Å². The van der Waals surface area contributed by atoms with E-state index in [1.165, 1.54) is 17.7 Å². The summed E-state index contributed by atoms with van der Waals surface area (Å²) in [5, 5.41) is 4.18. The van der Waals surface area contributed by atoms with Crippen LogP contribution >= 0.6 is 0 Å². The predicted octanol–water partition coefficient (Wildman–Crippen LogP) is 2.99. The molecule has 3 nitrogen and oxygen atoms in total. The van der Waals surface area contributed by atoms with E-state index < -0.39 is 0 Å². The molecule has 1 aliphatic rings. The summed E-state index contributed by atoms with van der Waals surface area (Å²) >= 11 is 0. The Labute approximate surface area is 109 Å². The van der Waals surface area contributed by atoms with Crippen LogP contribution < -0.4 is 0 Å². The molecule has 18 heavy (non-hydrogen) atoms. The van der Waals surface area contributed by atoms with Crippen molar-refractivity contribution in [3.05, 3.63) is 47.5 Å². The minimum Gasteiger partial charge on any atom is -0.374 e. The third-order valence-electron chi connectivity index (χ3n) is 3.32. The molecule has 0 amide bonds. The van der Waals surface area contributed by atoms with Gasteiger partial charge >= 0.3 is 0 Å². The van der Waals surface area contributed by atoms with E-state index in [-0.39, 0.29) is 0 Å². The molecule has 3 heteroatoms. The Balaban J connectivity index is 2.27. The van der Waals surface area contributed by atoms with Gasteiger partial charge in [0.05, 0.1) is 5.69 Å². The lowest BCUT2D eigenvalue weighted by molar-refractivity contribution is 0.394. The van der Waals surface area contributed by atoms with Gasteiger partial charge in [-0.2, -0.15) is 5.10 Å². The van der Waals surface area contributed by atoms with E-state index in [1.807, 2.05) is 24.0 Å². The van der Waals surface area contributed by atoms with E-state index in [0.717, 1.165) is 18.7 Å². The number of likely N-dealkylation sites (N-methyl/N-ethyl adjacent to an activating group) is 1. The molecule has 0 aromatic carbocycles. The maximum atomic E-state index is 4.18. The average Bonchev–Trinajstić information content (AvgIpc) is 2.76. The molecule has 96 valence electrons. The van der Waals surface area contributed by atoms with Crippen molar-refractivity contribution in [2.24, 2.45) is 7.05 Å². The molecule has 0 atom stereocenters. The lowest BCUT2D eigenvalue weighted by Crippen LogP contribution is -2.23. The molecule has 0 spiro atoms. The fourth-order valence-corrected chi connectivity index (χ4v) is 2.29. The van der Waals surface area contributed by atoms with Crippen LogP contribution in [-0.2, 0) is 7.05 Å². The summed E-state index contributed by atoms with van der Waals surface area (Å²) in [7, 11) is 4.13. The highest BCUT2D eigenvalue weighted by molar-refractivity contribution is 5.51. The zero-order chi connectivity index (χ0) is 13.0. The van der Waals surface area contributed by atoms with Gasteiger partial charge in [-0.3, -0.25) is 4.68 Å². The van der Waals surface area contributed by atoms with E-state index in [2.05, 4.69) is 48.3 Å². The van der Waals surface area contributed by atoms with Gasteiger partial charge < -0.3 is 4.90 Å². The first-order chi connectivity index (χ1) is 8.72. The second-order valence-corrected chi connectivity index (χ2v) is 4.65. The molecule has 0 unspecified atom stereocenters. The zero-order valence-corrected chi connectivity index (χ0v) is 11.4. The van der Waals surface area contributed by atoms with Crippen LogP contribution in [0, 0.1) is 0 Å². The van der Waals surface area contributed by atoms with Gasteiger partial charge in [0.2, 0.25) is 0 Å². The van der Waals surface area contributed by atoms with Gasteiger partial charge in [0.25, 0.3) is 0 Å². The van der Waals surface area contributed by atoms with E-state index in [1.54, 1.807) is 0 Å². The molecule has 0 radical (unpaired) electrons. The largest absolute Gasteiger partial charge is 0.374 e. The molecule has 0 N–H and O–H groups in total. The Kier molecular flexibility index (Phi) is 4.03. The molecular weight excluding hydrogens is 222 g/mol. The van der Waals surface area contributed by atoms with Gasteiger partial charge in [-0.05, 0) is 43.6 Å². The second-order valence-electron chi connectivity index (χ2n) is 4.65. The molecule has 0 bridgehead atoms. The minimum atomic E-state index is 1.13. The lowest BCUT2D eigenvalue weighted by Gasteiger charge is -2.27. The van der Waals surface area contributed by atoms with Gasteiger partial charge in [0, 0.05) is 32.5 Å². The Morgan fingerprint density at radius 2 is 2.06 bits per heavy atom. The standard InChI is InChI=1S/C15H21N3/c1-4-6-15-13(7-5-12-17(15)2)8-9-14-10-11-16-18(14)3/h4,6,8-11H,5,7,12H2,1-3H3/b6-4-,9-8+. The van der Waals surface area contributed by atoms with Crippen LogP contribution in [0.3, 0.4) is 0 Å². The normalized spacial score (nSPS) is 17.4. The lowest BCUT2D eigenvalue weighted by atomic mass is 10.0. The van der Waals surface area contributed by atoms with Crippen LogP contribution in [0.25, 0.3) is 6.08 Å². The highest BCUT2D eigenvalue weighted by atomic mass is 15.2. The fraction of sp³-hybridized carbons (Fsp3) is 0.400. The topological polar surface area (TPSA) is 21.1 Å². The molecule has 0 saturated carbocycles. The Morgan fingerprint density at radius 3 is 2.72 bits per heavy atom. The number of aromatic nitrogens is 2. The monoisotopic (exact) mass is 243 g/mol. The average molecular weight is 243 g/mol. The maximum absolute atomic E-state index is 4.18. The summed E-state index contributed by atoms with van der Waals surface area (Å²) in [4.78, 5) is 2.33. The number of rotatable bonds is 3. The van der Waals surface area contributed by atoms with Gasteiger partial charge in [-0.15, -0.1) is 0 Å². The summed E-state index contributed by atoms with van der Waals surface area (Å²) in [6.07, 6.45) is 12.9. The summed E-state index contributed by atoms with van der Waals surface area (Å²) in [5.41, 5.74) is 3.88. The van der Waals surface area contributed by atoms with Crippen molar-refractivity contribution in [2.75, 3.05) is 13.6 Å². The number of allylic oxidation sites excluding steroid dienone is 4. The molecule has 1 aromatic heterocycles. The van der Waals surface area contributed by atoms with Crippen molar-refractivity contribution in [1.29, 1.82) is 0 Å². The van der Waals surface area contributed by atoms with Crippen LogP contribution in [0.15, 0.2) is 41.8 Å². The van der Waals surface area contributed by atoms with E-state index in [0.29, 0.717) is 0 Å². The summed E-state index contributed by atoms with van der Waals surface area (Å²) in [6.45, 7) is 3.21. The van der Waals surface area contributed by atoms with Crippen molar-refractivity contribution in [1.82, 2.24) is 14.7 Å². The number of hydrogen-bond acceptors (Lipinski definition) is 2. The third kappa shape index (κ3) is 2.73.